The number of amides is 1. The number of aromatic nitrogens is 1. The van der Waals surface area contributed by atoms with Crippen molar-refractivity contribution in [2.45, 2.75) is 46.0 Å². The van der Waals surface area contributed by atoms with Gasteiger partial charge in [0.05, 0.1) is 6.42 Å². The zero-order chi connectivity index (χ0) is 17.7. The Kier molecular flexibility index (Phi) is 5.40. The Morgan fingerprint density at radius 1 is 1.33 bits per heavy atom. The minimum atomic E-state index is -0.181. The van der Waals surface area contributed by atoms with Gasteiger partial charge < -0.3 is 9.84 Å². The number of carbonyl (C=O) groups is 1. The largest absolute Gasteiger partial charge is 0.360 e. The highest BCUT2D eigenvalue weighted by Crippen LogP contribution is 2.23. The molecule has 2 rings (SSSR count). The van der Waals surface area contributed by atoms with E-state index in [-0.39, 0.29) is 17.7 Å². The average Bonchev–Trinajstić information content (AvgIpc) is 2.92. The quantitative estimate of drug-likeness (QED) is 0.885. The molecular formula is C19H23N3O2. The van der Waals surface area contributed by atoms with E-state index in [0.29, 0.717) is 23.6 Å². The maximum absolute atomic E-state index is 12.2. The van der Waals surface area contributed by atoms with Crippen LogP contribution < -0.4 is 5.32 Å². The van der Waals surface area contributed by atoms with Gasteiger partial charge in [-0.1, -0.05) is 50.2 Å². The van der Waals surface area contributed by atoms with Crippen LogP contribution in [0.15, 0.2) is 28.8 Å². The molecule has 2 aromatic rings. The van der Waals surface area contributed by atoms with Crippen LogP contribution >= 0.6 is 0 Å². The Morgan fingerprint density at radius 3 is 2.58 bits per heavy atom. The smallest absolute Gasteiger partial charge is 0.226 e. The van der Waals surface area contributed by atoms with E-state index < -0.39 is 0 Å². The Hall–Kier alpha value is -2.61. The van der Waals surface area contributed by atoms with E-state index in [1.165, 1.54) is 11.1 Å². The third-order valence-electron chi connectivity index (χ3n) is 4.24. The number of aryl methyl sites for hydroxylation is 2. The number of nitrogens with zero attached hydrogens (tertiary/aromatic N) is 2. The Labute approximate surface area is 142 Å². The number of nitriles is 1. The molecule has 0 aliphatic rings. The van der Waals surface area contributed by atoms with Crippen LogP contribution in [0.1, 0.15) is 48.9 Å². The molecule has 0 atom stereocenters. The minimum Gasteiger partial charge on any atom is -0.360 e. The Bertz CT molecular complexity index is 752. The predicted molar refractivity (Wildman–Crippen MR) is 91.5 cm³/mol. The van der Waals surface area contributed by atoms with Gasteiger partial charge in [-0.25, -0.2) is 0 Å². The zero-order valence-corrected chi connectivity index (χ0v) is 14.6. The molecule has 0 fully saturated rings. The van der Waals surface area contributed by atoms with Crippen molar-refractivity contribution < 1.29 is 9.32 Å². The second kappa shape index (κ2) is 7.31. The lowest BCUT2D eigenvalue weighted by atomic mass is 9.84. The fourth-order valence-electron chi connectivity index (χ4n) is 2.51. The van der Waals surface area contributed by atoms with Crippen molar-refractivity contribution in [3.8, 4) is 6.07 Å². The van der Waals surface area contributed by atoms with E-state index in [1.54, 1.807) is 6.92 Å². The molecule has 0 spiro atoms. The van der Waals surface area contributed by atoms with Crippen LogP contribution in [0.4, 0.5) is 0 Å². The Balaban J connectivity index is 1.98. The summed E-state index contributed by atoms with van der Waals surface area (Å²) in [7, 11) is 0. The Morgan fingerprint density at radius 2 is 2.00 bits per heavy atom. The minimum absolute atomic E-state index is 0.0467. The number of hydrogen-bond acceptors (Lipinski definition) is 4. The van der Waals surface area contributed by atoms with Gasteiger partial charge in [-0.2, -0.15) is 5.26 Å². The summed E-state index contributed by atoms with van der Waals surface area (Å²) in [6.45, 7) is 8.48. The second-order valence-electron chi connectivity index (χ2n) is 6.56. The fraction of sp³-hybridized carbons (Fsp3) is 0.421. The molecule has 126 valence electrons. The van der Waals surface area contributed by atoms with E-state index in [1.807, 2.05) is 6.07 Å². The highest BCUT2D eigenvalue weighted by molar-refractivity contribution is 5.78. The lowest BCUT2D eigenvalue weighted by Gasteiger charge is -2.26. The van der Waals surface area contributed by atoms with Crippen molar-refractivity contribution in [3.05, 3.63) is 52.4 Å². The number of nitrogens with one attached hydrogen (secondary N) is 1. The van der Waals surface area contributed by atoms with Gasteiger partial charge in [-0.3, -0.25) is 4.79 Å². The summed E-state index contributed by atoms with van der Waals surface area (Å²) in [6, 6.07) is 10.5. The lowest BCUT2D eigenvalue weighted by molar-refractivity contribution is -0.120. The molecule has 1 aromatic carbocycles. The molecule has 1 heterocycles. The predicted octanol–water partition coefficient (Wildman–Crippen LogP) is 3.05. The standard InChI is InChI=1S/C19H23N3O2/c1-5-14-6-8-15(9-7-14)19(3,4)12-21-18(23)10-17-16(11-20)13(2)24-22-17/h6-9H,5,10,12H2,1-4H3,(H,21,23). The topological polar surface area (TPSA) is 78.9 Å². The van der Waals surface area contributed by atoms with Crippen molar-refractivity contribution in [1.82, 2.24) is 10.5 Å². The first-order valence-corrected chi connectivity index (χ1v) is 8.08. The van der Waals surface area contributed by atoms with Crippen molar-refractivity contribution in [1.29, 1.82) is 5.26 Å². The van der Waals surface area contributed by atoms with Crippen LogP contribution in [0.25, 0.3) is 0 Å². The molecule has 1 amide bonds. The van der Waals surface area contributed by atoms with Crippen LogP contribution in [0.3, 0.4) is 0 Å². The van der Waals surface area contributed by atoms with E-state index in [4.69, 9.17) is 9.78 Å². The molecule has 1 N–H and O–H groups in total. The summed E-state index contributed by atoms with van der Waals surface area (Å²) < 4.78 is 4.97. The zero-order valence-electron chi connectivity index (χ0n) is 14.6. The molecule has 0 aliphatic heterocycles. The van der Waals surface area contributed by atoms with Gasteiger partial charge in [0.2, 0.25) is 5.91 Å². The summed E-state index contributed by atoms with van der Waals surface area (Å²) in [5, 5.41) is 15.8. The van der Waals surface area contributed by atoms with Gasteiger partial charge in [-0.05, 0) is 24.5 Å². The number of rotatable bonds is 6. The third-order valence-corrected chi connectivity index (χ3v) is 4.24. The highest BCUT2D eigenvalue weighted by atomic mass is 16.5. The maximum atomic E-state index is 12.2. The second-order valence-corrected chi connectivity index (χ2v) is 6.56. The molecule has 0 radical (unpaired) electrons. The molecule has 24 heavy (non-hydrogen) atoms. The first-order valence-electron chi connectivity index (χ1n) is 8.08. The van der Waals surface area contributed by atoms with E-state index in [9.17, 15) is 4.79 Å². The van der Waals surface area contributed by atoms with Gasteiger partial charge in [-0.15, -0.1) is 0 Å². The van der Waals surface area contributed by atoms with Crippen LogP contribution in [-0.4, -0.2) is 17.6 Å². The van der Waals surface area contributed by atoms with Crippen molar-refractivity contribution in [2.75, 3.05) is 6.54 Å². The average molecular weight is 325 g/mol. The number of carbonyl (C=O) groups excluding carboxylic acids is 1. The maximum Gasteiger partial charge on any atom is 0.226 e. The van der Waals surface area contributed by atoms with Crippen LogP contribution in [0.2, 0.25) is 0 Å². The molecule has 0 aliphatic carbocycles. The molecule has 0 unspecified atom stereocenters. The van der Waals surface area contributed by atoms with Crippen molar-refractivity contribution >= 4 is 5.91 Å². The molecule has 5 nitrogen and oxygen atoms in total. The van der Waals surface area contributed by atoms with Gasteiger partial charge in [0.1, 0.15) is 17.3 Å². The molecular weight excluding hydrogens is 302 g/mol. The third kappa shape index (κ3) is 4.02. The normalized spacial score (nSPS) is 11.1. The summed E-state index contributed by atoms with van der Waals surface area (Å²) in [6.07, 6.45) is 1.06. The molecule has 0 saturated heterocycles. The van der Waals surface area contributed by atoms with Crippen LogP contribution in [0.5, 0.6) is 0 Å². The van der Waals surface area contributed by atoms with Crippen molar-refractivity contribution in [3.63, 3.8) is 0 Å². The van der Waals surface area contributed by atoms with Gasteiger partial charge >= 0.3 is 0 Å². The molecule has 0 saturated carbocycles. The monoisotopic (exact) mass is 325 g/mol. The first-order chi connectivity index (χ1) is 11.4. The molecule has 5 heteroatoms. The van der Waals surface area contributed by atoms with Gasteiger partial charge in [0.15, 0.2) is 5.76 Å². The summed E-state index contributed by atoms with van der Waals surface area (Å²) >= 11 is 0. The van der Waals surface area contributed by atoms with Crippen LogP contribution in [-0.2, 0) is 23.1 Å². The van der Waals surface area contributed by atoms with Crippen LogP contribution in [0, 0.1) is 18.3 Å². The SMILES string of the molecule is CCc1ccc(C(C)(C)CNC(=O)Cc2noc(C)c2C#N)cc1. The number of benzene rings is 1. The summed E-state index contributed by atoms with van der Waals surface area (Å²) in [5.74, 6) is 0.273. The highest BCUT2D eigenvalue weighted by Gasteiger charge is 2.22. The molecule has 1 aromatic heterocycles. The van der Waals surface area contributed by atoms with E-state index in [2.05, 4.69) is 55.5 Å². The van der Waals surface area contributed by atoms with Gasteiger partial charge in [0.25, 0.3) is 0 Å². The summed E-state index contributed by atoms with van der Waals surface area (Å²) in [5.41, 5.74) is 3.02. The summed E-state index contributed by atoms with van der Waals surface area (Å²) in [4.78, 5) is 12.2. The lowest BCUT2D eigenvalue weighted by Crippen LogP contribution is -2.37. The molecule has 0 bridgehead atoms. The van der Waals surface area contributed by atoms with Gasteiger partial charge in [0, 0.05) is 12.0 Å². The van der Waals surface area contributed by atoms with E-state index >= 15 is 0 Å². The first kappa shape index (κ1) is 17.7. The number of hydrogen-bond donors (Lipinski definition) is 1. The fourth-order valence-corrected chi connectivity index (χ4v) is 2.51. The van der Waals surface area contributed by atoms with E-state index in [0.717, 1.165) is 6.42 Å². The van der Waals surface area contributed by atoms with Crippen molar-refractivity contribution in [2.24, 2.45) is 0 Å².